The van der Waals surface area contributed by atoms with Crippen LogP contribution in [-0.2, 0) is 13.0 Å². The molecule has 0 aromatic carbocycles. The molecule has 0 bridgehead atoms. The molecule has 19 heavy (non-hydrogen) atoms. The summed E-state index contributed by atoms with van der Waals surface area (Å²) in [4.78, 5) is 2.26. The first-order valence-electron chi connectivity index (χ1n) is 7.77. The molecule has 0 saturated heterocycles. The van der Waals surface area contributed by atoms with Crippen LogP contribution in [0.15, 0.2) is 12.4 Å². The Balaban J connectivity index is 1.95. The first-order chi connectivity index (χ1) is 9.20. The van der Waals surface area contributed by atoms with Crippen LogP contribution >= 0.6 is 0 Å². The van der Waals surface area contributed by atoms with Crippen molar-refractivity contribution < 1.29 is 0 Å². The van der Waals surface area contributed by atoms with Gasteiger partial charge in [0.15, 0.2) is 0 Å². The fourth-order valence-corrected chi connectivity index (χ4v) is 2.98. The molecule has 0 fully saturated rings. The van der Waals surface area contributed by atoms with Crippen LogP contribution in [0.1, 0.15) is 49.8 Å². The zero-order valence-electron chi connectivity index (χ0n) is 12.8. The summed E-state index contributed by atoms with van der Waals surface area (Å²) < 4.78 is 2.40. The van der Waals surface area contributed by atoms with E-state index in [0.29, 0.717) is 6.04 Å². The lowest BCUT2D eigenvalue weighted by molar-refractivity contribution is 0.386. The standard InChI is InChI=1S/C16H29N3/c1-4-9-17-16-8-5-7-14-12-19(13-15(14)16)11-6-10-18(2)3/h12-13,16-17H,4-11H2,1-3H3. The number of rotatable bonds is 7. The Labute approximate surface area is 118 Å². The topological polar surface area (TPSA) is 20.2 Å². The van der Waals surface area contributed by atoms with Crippen molar-refractivity contribution in [3.63, 3.8) is 0 Å². The van der Waals surface area contributed by atoms with Gasteiger partial charge in [-0.05, 0) is 70.4 Å². The van der Waals surface area contributed by atoms with Gasteiger partial charge in [0.05, 0.1) is 0 Å². The maximum Gasteiger partial charge on any atom is 0.0338 e. The predicted molar refractivity (Wildman–Crippen MR) is 81.6 cm³/mol. The molecule has 1 unspecified atom stereocenters. The van der Waals surface area contributed by atoms with Gasteiger partial charge in [0, 0.05) is 25.0 Å². The van der Waals surface area contributed by atoms with E-state index in [9.17, 15) is 0 Å². The van der Waals surface area contributed by atoms with E-state index >= 15 is 0 Å². The van der Waals surface area contributed by atoms with Crippen LogP contribution in [0.4, 0.5) is 0 Å². The summed E-state index contributed by atoms with van der Waals surface area (Å²) in [6.07, 6.45) is 11.1. The highest BCUT2D eigenvalue weighted by molar-refractivity contribution is 5.30. The van der Waals surface area contributed by atoms with E-state index in [1.807, 2.05) is 0 Å². The molecule has 1 aliphatic rings. The quantitative estimate of drug-likeness (QED) is 0.816. The molecule has 0 aliphatic heterocycles. The monoisotopic (exact) mass is 263 g/mol. The van der Waals surface area contributed by atoms with Gasteiger partial charge in [-0.2, -0.15) is 0 Å². The van der Waals surface area contributed by atoms with E-state index in [2.05, 4.69) is 48.2 Å². The molecule has 0 spiro atoms. The summed E-state index contributed by atoms with van der Waals surface area (Å²) in [6.45, 7) is 5.69. The first kappa shape index (κ1) is 14.6. The van der Waals surface area contributed by atoms with Gasteiger partial charge in [0.1, 0.15) is 0 Å². The number of fused-ring (bicyclic) bond motifs is 1. The van der Waals surface area contributed by atoms with Crippen LogP contribution in [-0.4, -0.2) is 36.7 Å². The van der Waals surface area contributed by atoms with E-state index in [0.717, 1.165) is 13.1 Å². The van der Waals surface area contributed by atoms with Crippen molar-refractivity contribution in [3.8, 4) is 0 Å². The Morgan fingerprint density at radius 2 is 2.21 bits per heavy atom. The van der Waals surface area contributed by atoms with Crippen molar-refractivity contribution in [2.75, 3.05) is 27.2 Å². The third-order valence-corrected chi connectivity index (χ3v) is 3.97. The van der Waals surface area contributed by atoms with Crippen molar-refractivity contribution in [1.82, 2.24) is 14.8 Å². The van der Waals surface area contributed by atoms with Gasteiger partial charge in [-0.15, -0.1) is 0 Å². The lowest BCUT2D eigenvalue weighted by atomic mass is 9.91. The van der Waals surface area contributed by atoms with Gasteiger partial charge in [-0.25, -0.2) is 0 Å². The molecule has 1 atom stereocenters. The highest BCUT2D eigenvalue weighted by atomic mass is 15.1. The Morgan fingerprint density at radius 1 is 1.37 bits per heavy atom. The number of nitrogens with one attached hydrogen (secondary N) is 1. The second-order valence-electron chi connectivity index (χ2n) is 6.03. The SMILES string of the molecule is CCCNC1CCCc2cn(CCCN(C)C)cc21. The zero-order valence-corrected chi connectivity index (χ0v) is 12.8. The first-order valence-corrected chi connectivity index (χ1v) is 7.77. The highest BCUT2D eigenvalue weighted by Crippen LogP contribution is 2.30. The van der Waals surface area contributed by atoms with E-state index in [1.54, 1.807) is 11.1 Å². The van der Waals surface area contributed by atoms with Crippen LogP contribution in [0.5, 0.6) is 0 Å². The van der Waals surface area contributed by atoms with Gasteiger partial charge >= 0.3 is 0 Å². The van der Waals surface area contributed by atoms with Gasteiger partial charge < -0.3 is 14.8 Å². The predicted octanol–water partition coefficient (Wildman–Crippen LogP) is 2.82. The molecule has 0 saturated carbocycles. The molecule has 0 amide bonds. The summed E-state index contributed by atoms with van der Waals surface area (Å²) in [5.41, 5.74) is 3.13. The summed E-state index contributed by atoms with van der Waals surface area (Å²) in [7, 11) is 4.29. The summed E-state index contributed by atoms with van der Waals surface area (Å²) in [6, 6.07) is 0.596. The molecule has 1 aliphatic carbocycles. The Bertz CT molecular complexity index is 381. The third kappa shape index (κ3) is 4.08. The minimum absolute atomic E-state index is 0.596. The zero-order chi connectivity index (χ0) is 13.7. The maximum absolute atomic E-state index is 3.69. The number of aromatic nitrogens is 1. The number of nitrogens with zero attached hydrogens (tertiary/aromatic N) is 2. The lowest BCUT2D eigenvalue weighted by Crippen LogP contribution is -2.24. The van der Waals surface area contributed by atoms with E-state index in [-0.39, 0.29) is 0 Å². The van der Waals surface area contributed by atoms with Gasteiger partial charge in [-0.1, -0.05) is 6.92 Å². The Kier molecular flexibility index (Phi) is 5.46. The van der Waals surface area contributed by atoms with E-state index in [1.165, 1.54) is 38.6 Å². The fraction of sp³-hybridized carbons (Fsp3) is 0.750. The lowest BCUT2D eigenvalue weighted by Gasteiger charge is -2.23. The largest absolute Gasteiger partial charge is 0.354 e. The normalized spacial score (nSPS) is 18.8. The molecular formula is C16H29N3. The fourth-order valence-electron chi connectivity index (χ4n) is 2.98. The van der Waals surface area contributed by atoms with Crippen LogP contribution in [0.3, 0.4) is 0 Å². The number of aryl methyl sites for hydroxylation is 2. The molecule has 1 heterocycles. The molecule has 3 heteroatoms. The van der Waals surface area contributed by atoms with Crippen LogP contribution < -0.4 is 5.32 Å². The number of hydrogen-bond donors (Lipinski definition) is 1. The van der Waals surface area contributed by atoms with Gasteiger partial charge in [0.25, 0.3) is 0 Å². The third-order valence-electron chi connectivity index (χ3n) is 3.97. The van der Waals surface area contributed by atoms with Gasteiger partial charge in [-0.3, -0.25) is 0 Å². The maximum atomic E-state index is 3.69. The second-order valence-corrected chi connectivity index (χ2v) is 6.03. The average Bonchev–Trinajstić information content (AvgIpc) is 2.79. The summed E-state index contributed by atoms with van der Waals surface area (Å²) >= 11 is 0. The summed E-state index contributed by atoms with van der Waals surface area (Å²) in [5.74, 6) is 0. The van der Waals surface area contributed by atoms with Crippen LogP contribution in [0, 0.1) is 0 Å². The van der Waals surface area contributed by atoms with Crippen LogP contribution in [0.25, 0.3) is 0 Å². The van der Waals surface area contributed by atoms with Crippen molar-refractivity contribution >= 4 is 0 Å². The molecular weight excluding hydrogens is 234 g/mol. The van der Waals surface area contributed by atoms with E-state index < -0.39 is 0 Å². The Hall–Kier alpha value is -0.800. The average molecular weight is 263 g/mol. The second kappa shape index (κ2) is 7.11. The summed E-state index contributed by atoms with van der Waals surface area (Å²) in [5, 5.41) is 3.69. The van der Waals surface area contributed by atoms with Crippen LogP contribution in [0.2, 0.25) is 0 Å². The molecule has 2 rings (SSSR count). The molecule has 1 aromatic heterocycles. The van der Waals surface area contributed by atoms with Crippen molar-refractivity contribution in [1.29, 1.82) is 0 Å². The van der Waals surface area contributed by atoms with Crippen molar-refractivity contribution in [3.05, 3.63) is 23.5 Å². The minimum Gasteiger partial charge on any atom is -0.354 e. The molecule has 1 aromatic rings. The molecule has 1 N–H and O–H groups in total. The van der Waals surface area contributed by atoms with Crippen molar-refractivity contribution in [2.45, 2.75) is 51.6 Å². The smallest absolute Gasteiger partial charge is 0.0338 e. The Morgan fingerprint density at radius 3 is 2.95 bits per heavy atom. The van der Waals surface area contributed by atoms with Crippen molar-refractivity contribution in [2.24, 2.45) is 0 Å². The molecule has 0 radical (unpaired) electrons. The van der Waals surface area contributed by atoms with Gasteiger partial charge in [0.2, 0.25) is 0 Å². The minimum atomic E-state index is 0.596. The highest BCUT2D eigenvalue weighted by Gasteiger charge is 2.21. The number of hydrogen-bond acceptors (Lipinski definition) is 2. The van der Waals surface area contributed by atoms with E-state index in [4.69, 9.17) is 0 Å². The molecule has 108 valence electrons. The molecule has 3 nitrogen and oxygen atoms in total.